The third-order valence-electron chi connectivity index (χ3n) is 4.15. The quantitative estimate of drug-likeness (QED) is 0.804. The number of para-hydroxylation sites is 2. The van der Waals surface area contributed by atoms with Gasteiger partial charge in [-0.25, -0.2) is 0 Å². The van der Waals surface area contributed by atoms with E-state index in [-0.39, 0.29) is 43.2 Å². The van der Waals surface area contributed by atoms with Crippen molar-refractivity contribution in [2.24, 2.45) is 0 Å². The lowest BCUT2D eigenvalue weighted by atomic mass is 10.1. The number of ether oxygens (including phenoxy) is 1. The minimum absolute atomic E-state index is 0.0159. The fourth-order valence-electron chi connectivity index (χ4n) is 2.92. The smallest absolute Gasteiger partial charge is 0.244 e. The molecule has 0 aliphatic carbocycles. The zero-order chi connectivity index (χ0) is 20.1. The maximum Gasteiger partial charge on any atom is 0.244 e. The summed E-state index contributed by atoms with van der Waals surface area (Å²) in [5, 5.41) is 5.50. The number of carbonyl (C=O) groups is 3. The first-order chi connectivity index (χ1) is 13.4. The highest BCUT2D eigenvalue weighted by molar-refractivity contribution is 6.10. The van der Waals surface area contributed by atoms with Crippen LogP contribution in [0.3, 0.4) is 0 Å². The van der Waals surface area contributed by atoms with Gasteiger partial charge in [-0.2, -0.15) is 0 Å². The first-order valence-corrected chi connectivity index (χ1v) is 9.18. The van der Waals surface area contributed by atoms with E-state index < -0.39 is 0 Å². The van der Waals surface area contributed by atoms with Crippen molar-refractivity contribution in [2.75, 3.05) is 22.1 Å². The summed E-state index contributed by atoms with van der Waals surface area (Å²) in [5.74, 6) is -0.0517. The highest BCUT2D eigenvalue weighted by atomic mass is 16.5. The molecular formula is C21H23N3O4. The third-order valence-corrected chi connectivity index (χ3v) is 4.15. The number of hydrogen-bond acceptors (Lipinski definition) is 4. The second-order valence-corrected chi connectivity index (χ2v) is 6.78. The van der Waals surface area contributed by atoms with Crippen LogP contribution in [-0.2, 0) is 14.4 Å². The zero-order valence-electron chi connectivity index (χ0n) is 15.9. The summed E-state index contributed by atoms with van der Waals surface area (Å²) in [6.07, 6.45) is 0.124. The normalized spacial score (nSPS) is 13.0. The fraction of sp³-hybridized carbons (Fsp3) is 0.286. The van der Waals surface area contributed by atoms with Crippen molar-refractivity contribution in [1.29, 1.82) is 0 Å². The van der Waals surface area contributed by atoms with Crippen LogP contribution in [0.1, 0.15) is 26.7 Å². The number of hydrogen-bond donors (Lipinski definition) is 2. The molecule has 0 atom stereocenters. The standard InChI is InChI=1S/C21H23N3O4/c1-14(2)28-16-9-7-15(8-10-16)22-19(25)11-12-21(27)24-13-20(26)23-17-5-3-4-6-18(17)24/h3-10,14H,11-13H2,1-2H3,(H,22,25)(H,23,26). The lowest BCUT2D eigenvalue weighted by Crippen LogP contribution is -2.42. The Morgan fingerprint density at radius 3 is 2.54 bits per heavy atom. The average molecular weight is 381 g/mol. The Morgan fingerprint density at radius 2 is 1.82 bits per heavy atom. The molecule has 0 fully saturated rings. The molecule has 0 aromatic heterocycles. The lowest BCUT2D eigenvalue weighted by molar-refractivity contribution is -0.124. The number of nitrogens with one attached hydrogen (secondary N) is 2. The summed E-state index contributed by atoms with van der Waals surface area (Å²) >= 11 is 0. The van der Waals surface area contributed by atoms with Crippen molar-refractivity contribution in [3.63, 3.8) is 0 Å². The van der Waals surface area contributed by atoms with Gasteiger partial charge in [-0.05, 0) is 50.2 Å². The van der Waals surface area contributed by atoms with Crippen LogP contribution in [0.5, 0.6) is 5.75 Å². The molecule has 2 aromatic carbocycles. The average Bonchev–Trinajstić information content (AvgIpc) is 2.66. The van der Waals surface area contributed by atoms with Crippen LogP contribution < -0.4 is 20.3 Å². The highest BCUT2D eigenvalue weighted by Crippen LogP contribution is 2.29. The van der Waals surface area contributed by atoms with Crippen LogP contribution in [0, 0.1) is 0 Å². The Morgan fingerprint density at radius 1 is 1.11 bits per heavy atom. The Kier molecular flexibility index (Phi) is 5.93. The molecule has 7 heteroatoms. The van der Waals surface area contributed by atoms with Gasteiger partial charge in [0.15, 0.2) is 0 Å². The van der Waals surface area contributed by atoms with Crippen LogP contribution in [-0.4, -0.2) is 30.4 Å². The van der Waals surface area contributed by atoms with E-state index in [1.54, 1.807) is 48.5 Å². The molecule has 0 saturated heterocycles. The van der Waals surface area contributed by atoms with E-state index in [0.29, 0.717) is 17.1 Å². The van der Waals surface area contributed by atoms with Crippen LogP contribution in [0.2, 0.25) is 0 Å². The molecule has 1 aliphatic rings. The first kappa shape index (κ1) is 19.4. The molecule has 2 N–H and O–H groups in total. The van der Waals surface area contributed by atoms with Gasteiger partial charge < -0.3 is 20.3 Å². The predicted octanol–water partition coefficient (Wildman–Crippen LogP) is 3.18. The number of benzene rings is 2. The molecular weight excluding hydrogens is 358 g/mol. The number of nitrogens with zero attached hydrogens (tertiary/aromatic N) is 1. The molecule has 3 rings (SSSR count). The number of fused-ring (bicyclic) bond motifs is 1. The minimum atomic E-state index is -0.266. The molecule has 0 saturated carbocycles. The van der Waals surface area contributed by atoms with E-state index in [1.165, 1.54) is 4.90 Å². The van der Waals surface area contributed by atoms with Gasteiger partial charge in [0.1, 0.15) is 12.3 Å². The predicted molar refractivity (Wildman–Crippen MR) is 107 cm³/mol. The van der Waals surface area contributed by atoms with Crippen LogP contribution in [0.4, 0.5) is 17.1 Å². The first-order valence-electron chi connectivity index (χ1n) is 9.18. The van der Waals surface area contributed by atoms with Crippen molar-refractivity contribution >= 4 is 34.8 Å². The Labute approximate surface area is 163 Å². The Balaban J connectivity index is 1.55. The summed E-state index contributed by atoms with van der Waals surface area (Å²) in [4.78, 5) is 38.0. The van der Waals surface area contributed by atoms with E-state index in [0.717, 1.165) is 5.75 Å². The second-order valence-electron chi connectivity index (χ2n) is 6.78. The van der Waals surface area contributed by atoms with Gasteiger partial charge in [0, 0.05) is 18.5 Å². The van der Waals surface area contributed by atoms with Crippen LogP contribution in [0.25, 0.3) is 0 Å². The lowest BCUT2D eigenvalue weighted by Gasteiger charge is -2.29. The largest absolute Gasteiger partial charge is 0.491 e. The summed E-state index contributed by atoms with van der Waals surface area (Å²) in [7, 11) is 0. The molecule has 0 bridgehead atoms. The number of amides is 3. The van der Waals surface area contributed by atoms with Crippen LogP contribution in [0.15, 0.2) is 48.5 Å². The molecule has 0 radical (unpaired) electrons. The van der Waals surface area contributed by atoms with Gasteiger partial charge in [0.25, 0.3) is 0 Å². The summed E-state index contributed by atoms with van der Waals surface area (Å²) in [6, 6.07) is 14.2. The van der Waals surface area contributed by atoms with Gasteiger partial charge in [-0.1, -0.05) is 12.1 Å². The van der Waals surface area contributed by atoms with Gasteiger partial charge in [-0.15, -0.1) is 0 Å². The number of carbonyl (C=O) groups excluding carboxylic acids is 3. The van der Waals surface area contributed by atoms with E-state index in [1.807, 2.05) is 13.8 Å². The molecule has 0 spiro atoms. The third kappa shape index (κ3) is 4.88. The van der Waals surface area contributed by atoms with Crippen molar-refractivity contribution in [3.8, 4) is 5.75 Å². The minimum Gasteiger partial charge on any atom is -0.491 e. The molecule has 3 amide bonds. The van der Waals surface area contributed by atoms with E-state index in [2.05, 4.69) is 10.6 Å². The summed E-state index contributed by atoms with van der Waals surface area (Å²) < 4.78 is 5.56. The Hall–Kier alpha value is -3.35. The van der Waals surface area contributed by atoms with E-state index in [4.69, 9.17) is 4.74 Å². The van der Waals surface area contributed by atoms with Crippen molar-refractivity contribution in [3.05, 3.63) is 48.5 Å². The maximum atomic E-state index is 12.6. The summed E-state index contributed by atoms with van der Waals surface area (Å²) in [6.45, 7) is 3.84. The van der Waals surface area contributed by atoms with Crippen LogP contribution >= 0.6 is 0 Å². The number of anilines is 3. The van der Waals surface area contributed by atoms with Crippen molar-refractivity contribution in [2.45, 2.75) is 32.8 Å². The topological polar surface area (TPSA) is 87.7 Å². The van der Waals surface area contributed by atoms with Gasteiger partial charge >= 0.3 is 0 Å². The highest BCUT2D eigenvalue weighted by Gasteiger charge is 2.26. The fourth-order valence-corrected chi connectivity index (χ4v) is 2.92. The molecule has 146 valence electrons. The second kappa shape index (κ2) is 8.56. The molecule has 7 nitrogen and oxygen atoms in total. The van der Waals surface area contributed by atoms with E-state index >= 15 is 0 Å². The molecule has 1 aliphatic heterocycles. The Bertz CT molecular complexity index is 877. The maximum absolute atomic E-state index is 12.6. The number of rotatable bonds is 6. The SMILES string of the molecule is CC(C)Oc1ccc(NC(=O)CCC(=O)N2CC(=O)Nc3ccccc32)cc1. The van der Waals surface area contributed by atoms with E-state index in [9.17, 15) is 14.4 Å². The summed E-state index contributed by atoms with van der Waals surface area (Å²) in [5.41, 5.74) is 1.88. The monoisotopic (exact) mass is 381 g/mol. The zero-order valence-corrected chi connectivity index (χ0v) is 15.9. The van der Waals surface area contributed by atoms with Gasteiger partial charge in [-0.3, -0.25) is 14.4 Å². The van der Waals surface area contributed by atoms with Crippen molar-refractivity contribution in [1.82, 2.24) is 0 Å². The molecule has 28 heavy (non-hydrogen) atoms. The molecule has 2 aromatic rings. The van der Waals surface area contributed by atoms with Gasteiger partial charge in [0.2, 0.25) is 17.7 Å². The van der Waals surface area contributed by atoms with Crippen molar-refractivity contribution < 1.29 is 19.1 Å². The molecule has 1 heterocycles. The van der Waals surface area contributed by atoms with Gasteiger partial charge in [0.05, 0.1) is 17.5 Å². The molecule has 0 unspecified atom stereocenters.